The van der Waals surface area contributed by atoms with Gasteiger partial charge >= 0.3 is 0 Å². The predicted molar refractivity (Wildman–Crippen MR) is 71.8 cm³/mol. The summed E-state index contributed by atoms with van der Waals surface area (Å²) in [5.74, 6) is 0. The molecule has 16 heavy (non-hydrogen) atoms. The lowest BCUT2D eigenvalue weighted by molar-refractivity contribution is 0.290. The molecule has 1 aromatic carbocycles. The van der Waals surface area contributed by atoms with Gasteiger partial charge in [0.2, 0.25) is 0 Å². The van der Waals surface area contributed by atoms with E-state index in [1.165, 1.54) is 18.4 Å². The van der Waals surface area contributed by atoms with Gasteiger partial charge in [-0.25, -0.2) is 0 Å². The van der Waals surface area contributed by atoms with Crippen molar-refractivity contribution in [1.29, 1.82) is 0 Å². The van der Waals surface area contributed by atoms with Crippen molar-refractivity contribution in [1.82, 2.24) is 5.32 Å². The molecule has 0 radical (unpaired) electrons. The van der Waals surface area contributed by atoms with Crippen LogP contribution in [0.4, 0.5) is 0 Å². The zero-order chi connectivity index (χ0) is 12.0. The van der Waals surface area contributed by atoms with E-state index in [9.17, 15) is 0 Å². The molecular formula is C15H25N. The molecule has 0 aliphatic carbocycles. The summed E-state index contributed by atoms with van der Waals surface area (Å²) in [4.78, 5) is 0. The topological polar surface area (TPSA) is 12.0 Å². The third-order valence-corrected chi connectivity index (χ3v) is 3.95. The molecule has 0 aromatic heterocycles. The number of hydrogen-bond donors (Lipinski definition) is 1. The maximum Gasteiger partial charge on any atom is 0.0135 e. The van der Waals surface area contributed by atoms with Crippen LogP contribution >= 0.6 is 0 Å². The van der Waals surface area contributed by atoms with Crippen molar-refractivity contribution in [3.05, 3.63) is 35.9 Å². The number of hydrogen-bond acceptors (Lipinski definition) is 1. The third kappa shape index (κ3) is 2.46. The summed E-state index contributed by atoms with van der Waals surface area (Å²) in [6.45, 7) is 10.1. The van der Waals surface area contributed by atoms with Gasteiger partial charge in [0, 0.05) is 11.5 Å². The molecule has 0 heterocycles. The molecule has 0 saturated carbocycles. The van der Waals surface area contributed by atoms with Crippen LogP contribution in [0, 0.1) is 0 Å². The van der Waals surface area contributed by atoms with Crippen LogP contribution in [0.25, 0.3) is 0 Å². The lowest BCUT2D eigenvalue weighted by Crippen LogP contribution is -2.46. The quantitative estimate of drug-likeness (QED) is 0.768. The van der Waals surface area contributed by atoms with E-state index in [4.69, 9.17) is 0 Å². The van der Waals surface area contributed by atoms with Crippen LogP contribution in [0.3, 0.4) is 0 Å². The van der Waals surface area contributed by atoms with Crippen LogP contribution in [-0.4, -0.2) is 12.6 Å². The molecular weight excluding hydrogens is 194 g/mol. The van der Waals surface area contributed by atoms with Gasteiger partial charge in [-0.15, -0.1) is 0 Å². The normalized spacial score (nSPS) is 13.8. The zero-order valence-corrected chi connectivity index (χ0v) is 11.1. The largest absolute Gasteiger partial charge is 0.314 e. The van der Waals surface area contributed by atoms with E-state index in [0.717, 1.165) is 6.54 Å². The number of likely N-dealkylation sites (N-methyl/N-ethyl adjacent to an activating group) is 1. The van der Waals surface area contributed by atoms with Gasteiger partial charge in [0.05, 0.1) is 0 Å². The molecule has 90 valence electrons. The molecule has 0 aliphatic rings. The fraction of sp³-hybridized carbons (Fsp3) is 0.600. The van der Waals surface area contributed by atoms with Crippen LogP contribution in [-0.2, 0) is 5.41 Å². The van der Waals surface area contributed by atoms with Crippen molar-refractivity contribution in [2.75, 3.05) is 6.54 Å². The van der Waals surface area contributed by atoms with Gasteiger partial charge < -0.3 is 5.32 Å². The molecule has 1 nitrogen and oxygen atoms in total. The highest BCUT2D eigenvalue weighted by Crippen LogP contribution is 2.34. The maximum atomic E-state index is 3.59. The third-order valence-electron chi connectivity index (χ3n) is 3.95. The van der Waals surface area contributed by atoms with Crippen molar-refractivity contribution in [3.63, 3.8) is 0 Å². The summed E-state index contributed by atoms with van der Waals surface area (Å²) in [6.07, 6.45) is 2.36. The van der Waals surface area contributed by atoms with E-state index in [0.29, 0.717) is 6.04 Å². The summed E-state index contributed by atoms with van der Waals surface area (Å²) >= 11 is 0. The summed E-state index contributed by atoms with van der Waals surface area (Å²) < 4.78 is 0. The minimum atomic E-state index is 0.275. The average Bonchev–Trinajstić information content (AvgIpc) is 2.33. The molecule has 0 fully saturated rings. The van der Waals surface area contributed by atoms with Gasteiger partial charge in [0.25, 0.3) is 0 Å². The van der Waals surface area contributed by atoms with E-state index < -0.39 is 0 Å². The molecule has 0 aliphatic heterocycles. The molecule has 0 spiro atoms. The van der Waals surface area contributed by atoms with Gasteiger partial charge in [0.15, 0.2) is 0 Å². The Kier molecular flexibility index (Phi) is 5.01. The Morgan fingerprint density at radius 3 is 2.06 bits per heavy atom. The van der Waals surface area contributed by atoms with E-state index in [1.807, 2.05) is 0 Å². The fourth-order valence-corrected chi connectivity index (χ4v) is 2.79. The highest BCUT2D eigenvalue weighted by Gasteiger charge is 2.33. The Labute approximate surface area is 100 Å². The van der Waals surface area contributed by atoms with Gasteiger partial charge in [-0.3, -0.25) is 0 Å². The van der Waals surface area contributed by atoms with Crippen molar-refractivity contribution in [2.24, 2.45) is 0 Å². The van der Waals surface area contributed by atoms with Gasteiger partial charge in [0.1, 0.15) is 0 Å². The second-order valence-corrected chi connectivity index (χ2v) is 4.51. The van der Waals surface area contributed by atoms with Crippen LogP contribution < -0.4 is 5.32 Å². The SMILES string of the molecule is CCNC(C)C(CC)(CC)c1ccccc1. The van der Waals surface area contributed by atoms with Crippen molar-refractivity contribution >= 4 is 0 Å². The smallest absolute Gasteiger partial charge is 0.0135 e. The van der Waals surface area contributed by atoms with Gasteiger partial charge in [-0.2, -0.15) is 0 Å². The second-order valence-electron chi connectivity index (χ2n) is 4.51. The summed E-state index contributed by atoms with van der Waals surface area (Å²) in [5, 5.41) is 3.59. The average molecular weight is 219 g/mol. The second kappa shape index (κ2) is 6.05. The van der Waals surface area contributed by atoms with Crippen LogP contribution in [0.2, 0.25) is 0 Å². The summed E-state index contributed by atoms with van der Waals surface area (Å²) in [7, 11) is 0. The first-order valence-corrected chi connectivity index (χ1v) is 6.50. The number of rotatable bonds is 6. The van der Waals surface area contributed by atoms with Crippen LogP contribution in [0.1, 0.15) is 46.1 Å². The molecule has 1 atom stereocenters. The molecule has 1 aromatic rings. The van der Waals surface area contributed by atoms with E-state index in [2.05, 4.69) is 63.3 Å². The predicted octanol–water partition coefficient (Wildman–Crippen LogP) is 3.74. The fourth-order valence-electron chi connectivity index (χ4n) is 2.79. The van der Waals surface area contributed by atoms with Crippen LogP contribution in [0.15, 0.2) is 30.3 Å². The lowest BCUT2D eigenvalue weighted by atomic mass is 9.70. The maximum absolute atomic E-state index is 3.59. The molecule has 0 saturated heterocycles. The van der Waals surface area contributed by atoms with Crippen molar-refractivity contribution in [3.8, 4) is 0 Å². The zero-order valence-electron chi connectivity index (χ0n) is 11.1. The van der Waals surface area contributed by atoms with E-state index >= 15 is 0 Å². The highest BCUT2D eigenvalue weighted by atomic mass is 14.9. The summed E-state index contributed by atoms with van der Waals surface area (Å²) in [6, 6.07) is 11.4. The Morgan fingerprint density at radius 1 is 1.06 bits per heavy atom. The molecule has 1 heteroatoms. The first kappa shape index (κ1) is 13.2. The van der Waals surface area contributed by atoms with Gasteiger partial charge in [-0.1, -0.05) is 51.1 Å². The monoisotopic (exact) mass is 219 g/mol. The minimum Gasteiger partial charge on any atom is -0.314 e. The summed E-state index contributed by atoms with van der Waals surface area (Å²) in [5.41, 5.74) is 1.74. The highest BCUT2D eigenvalue weighted by molar-refractivity contribution is 5.27. The Balaban J connectivity index is 3.05. The molecule has 0 amide bonds. The van der Waals surface area contributed by atoms with E-state index in [-0.39, 0.29) is 5.41 Å². The number of benzene rings is 1. The molecule has 0 bridgehead atoms. The molecule has 1 unspecified atom stereocenters. The standard InChI is InChI=1S/C15H25N/c1-5-15(6-2,13(4)16-7-3)14-11-9-8-10-12-14/h8-13,16H,5-7H2,1-4H3. The Morgan fingerprint density at radius 2 is 1.62 bits per heavy atom. The molecule has 1 N–H and O–H groups in total. The van der Waals surface area contributed by atoms with E-state index in [1.54, 1.807) is 0 Å². The van der Waals surface area contributed by atoms with Crippen molar-refractivity contribution < 1.29 is 0 Å². The Hall–Kier alpha value is -0.820. The van der Waals surface area contributed by atoms with Gasteiger partial charge in [-0.05, 0) is 31.9 Å². The first-order valence-electron chi connectivity index (χ1n) is 6.50. The lowest BCUT2D eigenvalue weighted by Gasteiger charge is -2.39. The minimum absolute atomic E-state index is 0.275. The first-order chi connectivity index (χ1) is 7.71. The Bertz CT molecular complexity index is 288. The van der Waals surface area contributed by atoms with Crippen molar-refractivity contribution in [2.45, 2.75) is 52.0 Å². The molecule has 1 rings (SSSR count). The van der Waals surface area contributed by atoms with Crippen LogP contribution in [0.5, 0.6) is 0 Å². The number of nitrogens with one attached hydrogen (secondary N) is 1.